The van der Waals surface area contributed by atoms with Gasteiger partial charge in [-0.1, -0.05) is 78.9 Å². The van der Waals surface area contributed by atoms with Gasteiger partial charge in [-0.15, -0.1) is 0 Å². The third-order valence-corrected chi connectivity index (χ3v) is 7.35. The van der Waals surface area contributed by atoms with Crippen molar-refractivity contribution in [2.45, 2.75) is 0 Å². The number of hydrogen-bond acceptors (Lipinski definition) is 4. The average molecular weight is 374 g/mol. The largest absolute Gasteiger partial charge is 0.420 e. The maximum Gasteiger partial charge on any atom is 0.229 e. The van der Waals surface area contributed by atoms with Crippen molar-refractivity contribution in [2.24, 2.45) is 0 Å². The monoisotopic (exact) mass is 374 g/mol. The lowest BCUT2D eigenvalue weighted by atomic mass is 10.2. The molecule has 0 saturated carbocycles. The maximum absolute atomic E-state index is 14.5. The van der Waals surface area contributed by atoms with E-state index in [1.807, 2.05) is 91.0 Å². The summed E-state index contributed by atoms with van der Waals surface area (Å²) in [6.45, 7) is 0. The van der Waals surface area contributed by atoms with E-state index in [1.54, 1.807) is 7.05 Å². The van der Waals surface area contributed by atoms with Crippen LogP contribution in [-0.4, -0.2) is 12.0 Å². The highest BCUT2D eigenvalue weighted by Gasteiger charge is 2.36. The van der Waals surface area contributed by atoms with E-state index >= 15 is 0 Å². The van der Waals surface area contributed by atoms with Gasteiger partial charge in [-0.05, 0) is 12.1 Å². The zero-order chi connectivity index (χ0) is 18.7. The first-order chi connectivity index (χ1) is 13.2. The molecule has 0 radical (unpaired) electrons. The van der Waals surface area contributed by atoms with Crippen LogP contribution in [0.25, 0.3) is 11.5 Å². The molecule has 4 rings (SSSR count). The van der Waals surface area contributed by atoms with Crippen molar-refractivity contribution >= 4 is 29.1 Å². The molecule has 5 heteroatoms. The van der Waals surface area contributed by atoms with E-state index in [2.05, 4.69) is 10.3 Å². The van der Waals surface area contributed by atoms with E-state index in [0.717, 1.165) is 16.2 Å². The number of aromatic nitrogens is 1. The first-order valence-corrected chi connectivity index (χ1v) is 10.4. The normalized spacial score (nSPS) is 11.3. The second kappa shape index (κ2) is 7.26. The van der Waals surface area contributed by atoms with Gasteiger partial charge < -0.3 is 14.3 Å². The van der Waals surface area contributed by atoms with Gasteiger partial charge in [0.2, 0.25) is 11.8 Å². The van der Waals surface area contributed by atoms with Crippen molar-refractivity contribution < 1.29 is 8.98 Å². The van der Waals surface area contributed by atoms with Crippen molar-refractivity contribution in [1.82, 2.24) is 4.98 Å². The summed E-state index contributed by atoms with van der Waals surface area (Å²) >= 11 is 0. The topological polar surface area (TPSA) is 55.1 Å². The van der Waals surface area contributed by atoms with E-state index in [4.69, 9.17) is 4.42 Å². The molecule has 0 aliphatic heterocycles. The molecule has 0 atom stereocenters. The molecule has 134 valence electrons. The SMILES string of the molecule is CNc1oc(-c2ccccc2)nc1P(=O)(c1ccccc1)c1ccccc1. The van der Waals surface area contributed by atoms with Crippen molar-refractivity contribution in [2.75, 3.05) is 12.4 Å². The highest BCUT2D eigenvalue weighted by Crippen LogP contribution is 2.45. The Hall–Kier alpha value is -3.10. The van der Waals surface area contributed by atoms with Gasteiger partial charge in [-0.25, -0.2) is 4.98 Å². The molecule has 1 aromatic heterocycles. The van der Waals surface area contributed by atoms with Gasteiger partial charge in [0.05, 0.1) is 0 Å². The van der Waals surface area contributed by atoms with Crippen LogP contribution in [0.3, 0.4) is 0 Å². The lowest BCUT2D eigenvalue weighted by Gasteiger charge is -2.17. The van der Waals surface area contributed by atoms with Gasteiger partial charge in [-0.2, -0.15) is 0 Å². The number of anilines is 1. The van der Waals surface area contributed by atoms with Crippen LogP contribution in [0.15, 0.2) is 95.4 Å². The Bertz CT molecular complexity index is 1030. The number of nitrogens with zero attached hydrogens (tertiary/aromatic N) is 1. The Morgan fingerprint density at radius 3 is 1.74 bits per heavy atom. The second-order valence-corrected chi connectivity index (χ2v) is 8.74. The molecule has 0 aliphatic carbocycles. The predicted molar refractivity (Wildman–Crippen MR) is 111 cm³/mol. The number of benzene rings is 3. The summed E-state index contributed by atoms with van der Waals surface area (Å²) in [4.78, 5) is 4.68. The summed E-state index contributed by atoms with van der Waals surface area (Å²) < 4.78 is 20.4. The Labute approximate surface area is 158 Å². The quantitative estimate of drug-likeness (QED) is 0.536. The molecular weight excluding hydrogens is 355 g/mol. The van der Waals surface area contributed by atoms with E-state index in [1.165, 1.54) is 0 Å². The highest BCUT2D eigenvalue weighted by molar-refractivity contribution is 7.85. The minimum atomic E-state index is -3.20. The van der Waals surface area contributed by atoms with Crippen LogP contribution in [-0.2, 0) is 4.57 Å². The third kappa shape index (κ3) is 3.09. The molecule has 0 spiro atoms. The van der Waals surface area contributed by atoms with Crippen molar-refractivity contribution in [3.63, 3.8) is 0 Å². The smallest absolute Gasteiger partial charge is 0.229 e. The Kier molecular flexibility index (Phi) is 4.66. The van der Waals surface area contributed by atoms with Gasteiger partial charge in [0.15, 0.2) is 12.6 Å². The first-order valence-electron chi connectivity index (χ1n) is 8.69. The summed E-state index contributed by atoms with van der Waals surface area (Å²) in [5.74, 6) is 0.868. The van der Waals surface area contributed by atoms with Gasteiger partial charge in [0, 0.05) is 23.2 Å². The molecule has 0 unspecified atom stereocenters. The molecule has 0 saturated heterocycles. The molecule has 4 aromatic rings. The van der Waals surface area contributed by atoms with Gasteiger partial charge in [0.1, 0.15) is 0 Å². The summed E-state index contributed by atoms with van der Waals surface area (Å²) in [5.41, 5.74) is 1.27. The maximum atomic E-state index is 14.5. The summed E-state index contributed by atoms with van der Waals surface area (Å²) in [5, 5.41) is 4.48. The van der Waals surface area contributed by atoms with Crippen LogP contribution in [0.5, 0.6) is 0 Å². The lowest BCUT2D eigenvalue weighted by Crippen LogP contribution is -2.27. The summed E-state index contributed by atoms with van der Waals surface area (Å²) in [6.07, 6.45) is 0. The van der Waals surface area contributed by atoms with Crippen LogP contribution in [0.4, 0.5) is 5.88 Å². The number of nitrogens with one attached hydrogen (secondary N) is 1. The summed E-state index contributed by atoms with van der Waals surface area (Å²) in [6, 6.07) is 28.5. The predicted octanol–water partition coefficient (Wildman–Crippen LogP) is 4.02. The molecule has 0 aliphatic rings. The van der Waals surface area contributed by atoms with Crippen LogP contribution < -0.4 is 21.4 Å². The zero-order valence-corrected chi connectivity index (χ0v) is 15.8. The van der Waals surface area contributed by atoms with Crippen LogP contribution >= 0.6 is 7.14 Å². The highest BCUT2D eigenvalue weighted by atomic mass is 31.2. The molecule has 0 amide bonds. The van der Waals surface area contributed by atoms with E-state index in [0.29, 0.717) is 17.2 Å². The lowest BCUT2D eigenvalue weighted by molar-refractivity contribution is 0.587. The molecule has 0 fully saturated rings. The van der Waals surface area contributed by atoms with Crippen LogP contribution in [0.2, 0.25) is 0 Å². The summed E-state index contributed by atoms with van der Waals surface area (Å²) in [7, 11) is -1.45. The van der Waals surface area contributed by atoms with Crippen molar-refractivity contribution in [1.29, 1.82) is 0 Å². The first kappa shape index (κ1) is 17.3. The Balaban J connectivity index is 1.97. The van der Waals surface area contributed by atoms with Crippen LogP contribution in [0, 0.1) is 0 Å². The van der Waals surface area contributed by atoms with Gasteiger partial charge in [-0.3, -0.25) is 0 Å². The van der Waals surface area contributed by atoms with E-state index in [-0.39, 0.29) is 0 Å². The molecule has 0 bridgehead atoms. The fraction of sp³-hybridized carbons (Fsp3) is 0.0455. The number of oxazole rings is 1. The zero-order valence-electron chi connectivity index (χ0n) is 14.9. The number of rotatable bonds is 5. The fourth-order valence-electron chi connectivity index (χ4n) is 3.06. The molecule has 1 N–H and O–H groups in total. The van der Waals surface area contributed by atoms with E-state index in [9.17, 15) is 4.57 Å². The van der Waals surface area contributed by atoms with Gasteiger partial charge >= 0.3 is 0 Å². The minimum absolute atomic E-state index is 0.421. The molecule has 1 heterocycles. The Morgan fingerprint density at radius 2 is 1.26 bits per heavy atom. The average Bonchev–Trinajstić information content (AvgIpc) is 3.20. The molecule has 4 nitrogen and oxygen atoms in total. The standard InChI is InChI=1S/C22H19N2O2P/c1-23-21-22(24-20(26-21)17-11-5-2-6-12-17)27(25,18-13-7-3-8-14-18)19-15-9-4-10-16-19/h2-16,23H,1H3. The van der Waals surface area contributed by atoms with Crippen LogP contribution in [0.1, 0.15) is 0 Å². The molecular formula is C22H19N2O2P. The van der Waals surface area contributed by atoms with E-state index < -0.39 is 7.14 Å². The second-order valence-electron chi connectivity index (χ2n) is 6.07. The molecule has 27 heavy (non-hydrogen) atoms. The fourth-order valence-corrected chi connectivity index (χ4v) is 5.71. The van der Waals surface area contributed by atoms with Crippen molar-refractivity contribution in [3.8, 4) is 11.5 Å². The van der Waals surface area contributed by atoms with Gasteiger partial charge in [0.25, 0.3) is 0 Å². The number of hydrogen-bond donors (Lipinski definition) is 1. The van der Waals surface area contributed by atoms with Crippen molar-refractivity contribution in [3.05, 3.63) is 91.0 Å². The third-order valence-electron chi connectivity index (χ3n) is 4.39. The minimum Gasteiger partial charge on any atom is -0.420 e. The molecule has 3 aromatic carbocycles. The Morgan fingerprint density at radius 1 is 0.778 bits per heavy atom.